The number of hydrogen-bond donors (Lipinski definition) is 3. The summed E-state index contributed by atoms with van der Waals surface area (Å²) in [7, 11) is -3.43. The third kappa shape index (κ3) is 1.32. The first-order valence-electron chi connectivity index (χ1n) is 3.78. The standard InChI is InChI=1S/C7H8N4O2S/c8-11-7-4-14(12,13)6-3-9-2-1-5(6)10-7/h1-4,10-11H,8H2. The molecule has 0 unspecified atom stereocenters. The maximum absolute atomic E-state index is 11.6. The zero-order chi connectivity index (χ0) is 10.2. The van der Waals surface area contributed by atoms with Crippen molar-refractivity contribution in [3.05, 3.63) is 29.7 Å². The van der Waals surface area contributed by atoms with Gasteiger partial charge in [0.2, 0.25) is 9.84 Å². The summed E-state index contributed by atoms with van der Waals surface area (Å²) in [6, 6.07) is 1.57. The van der Waals surface area contributed by atoms with Crippen molar-refractivity contribution in [2.75, 3.05) is 5.32 Å². The van der Waals surface area contributed by atoms with E-state index in [-0.39, 0.29) is 10.7 Å². The van der Waals surface area contributed by atoms with Crippen molar-refractivity contribution in [3.8, 4) is 0 Å². The molecule has 7 heteroatoms. The molecule has 0 atom stereocenters. The molecule has 2 heterocycles. The predicted molar refractivity (Wildman–Crippen MR) is 50.5 cm³/mol. The highest BCUT2D eigenvalue weighted by molar-refractivity contribution is 7.94. The second kappa shape index (κ2) is 2.96. The van der Waals surface area contributed by atoms with Crippen molar-refractivity contribution in [1.82, 2.24) is 10.4 Å². The van der Waals surface area contributed by atoms with Crippen molar-refractivity contribution in [3.63, 3.8) is 0 Å². The van der Waals surface area contributed by atoms with Crippen LogP contribution in [0.3, 0.4) is 0 Å². The van der Waals surface area contributed by atoms with E-state index in [0.717, 1.165) is 5.41 Å². The maximum Gasteiger partial charge on any atom is 0.206 e. The Kier molecular flexibility index (Phi) is 1.90. The van der Waals surface area contributed by atoms with Gasteiger partial charge in [0.25, 0.3) is 0 Å². The molecule has 1 aliphatic rings. The van der Waals surface area contributed by atoms with E-state index in [2.05, 4.69) is 15.7 Å². The van der Waals surface area contributed by atoms with Crippen LogP contribution in [0.5, 0.6) is 0 Å². The van der Waals surface area contributed by atoms with E-state index in [0.29, 0.717) is 5.69 Å². The van der Waals surface area contributed by atoms with Crippen LogP contribution in [0.4, 0.5) is 5.69 Å². The molecule has 0 amide bonds. The van der Waals surface area contributed by atoms with E-state index in [4.69, 9.17) is 5.84 Å². The van der Waals surface area contributed by atoms with Gasteiger partial charge >= 0.3 is 0 Å². The Labute approximate surface area is 80.7 Å². The molecule has 0 bridgehead atoms. The molecule has 0 aromatic carbocycles. The van der Waals surface area contributed by atoms with Crippen LogP contribution in [-0.4, -0.2) is 13.4 Å². The van der Waals surface area contributed by atoms with Crippen molar-refractivity contribution >= 4 is 15.5 Å². The molecule has 74 valence electrons. The van der Waals surface area contributed by atoms with Gasteiger partial charge in [-0.25, -0.2) is 14.3 Å². The van der Waals surface area contributed by atoms with E-state index in [9.17, 15) is 8.42 Å². The summed E-state index contributed by atoms with van der Waals surface area (Å²) in [6.45, 7) is 0. The van der Waals surface area contributed by atoms with Gasteiger partial charge in [-0.15, -0.1) is 0 Å². The van der Waals surface area contributed by atoms with Crippen LogP contribution in [0.2, 0.25) is 0 Å². The number of rotatable bonds is 1. The molecule has 6 nitrogen and oxygen atoms in total. The van der Waals surface area contributed by atoms with Crippen LogP contribution in [0.15, 0.2) is 34.6 Å². The number of hydrazine groups is 1. The Bertz CT molecular complexity index is 494. The lowest BCUT2D eigenvalue weighted by Crippen LogP contribution is -2.29. The summed E-state index contributed by atoms with van der Waals surface area (Å²) in [5.41, 5.74) is 2.72. The Morgan fingerprint density at radius 3 is 3.00 bits per heavy atom. The molecule has 1 aliphatic heterocycles. The lowest BCUT2D eigenvalue weighted by Gasteiger charge is -2.17. The van der Waals surface area contributed by atoms with Gasteiger partial charge in [-0.2, -0.15) is 0 Å². The van der Waals surface area contributed by atoms with Crippen LogP contribution in [-0.2, 0) is 9.84 Å². The van der Waals surface area contributed by atoms with Crippen molar-refractivity contribution in [1.29, 1.82) is 0 Å². The highest BCUT2D eigenvalue weighted by Gasteiger charge is 2.22. The molecule has 1 aromatic rings. The first-order chi connectivity index (χ1) is 6.63. The number of pyridine rings is 1. The van der Waals surface area contributed by atoms with Crippen molar-refractivity contribution in [2.24, 2.45) is 5.84 Å². The Hall–Kier alpha value is -1.60. The van der Waals surface area contributed by atoms with E-state index in [1.165, 1.54) is 12.4 Å². The van der Waals surface area contributed by atoms with E-state index >= 15 is 0 Å². The zero-order valence-electron chi connectivity index (χ0n) is 7.06. The molecule has 4 N–H and O–H groups in total. The third-order valence-corrected chi connectivity index (χ3v) is 3.27. The fourth-order valence-electron chi connectivity index (χ4n) is 1.17. The Morgan fingerprint density at radius 1 is 1.50 bits per heavy atom. The predicted octanol–water partition coefficient (Wildman–Crippen LogP) is -0.457. The highest BCUT2D eigenvalue weighted by Crippen LogP contribution is 2.26. The fourth-order valence-corrected chi connectivity index (χ4v) is 2.37. The second-order valence-electron chi connectivity index (χ2n) is 2.72. The van der Waals surface area contributed by atoms with E-state index < -0.39 is 9.84 Å². The molecule has 0 aliphatic carbocycles. The normalized spacial score (nSPS) is 17.6. The van der Waals surface area contributed by atoms with Gasteiger partial charge < -0.3 is 10.7 Å². The zero-order valence-corrected chi connectivity index (χ0v) is 7.88. The average molecular weight is 212 g/mol. The van der Waals surface area contributed by atoms with Crippen LogP contribution in [0, 0.1) is 0 Å². The van der Waals surface area contributed by atoms with Gasteiger partial charge in [0.1, 0.15) is 10.7 Å². The molecule has 0 radical (unpaired) electrons. The fraction of sp³-hybridized carbons (Fsp3) is 0. The molecular weight excluding hydrogens is 204 g/mol. The average Bonchev–Trinajstić information content (AvgIpc) is 2.17. The first kappa shape index (κ1) is 8.97. The van der Waals surface area contributed by atoms with Crippen LogP contribution >= 0.6 is 0 Å². The number of nitrogens with two attached hydrogens (primary N) is 1. The smallest absolute Gasteiger partial charge is 0.206 e. The molecular formula is C7H8N4O2S. The van der Waals surface area contributed by atoms with Gasteiger partial charge in [-0.3, -0.25) is 4.98 Å². The van der Waals surface area contributed by atoms with Crippen LogP contribution in [0.25, 0.3) is 0 Å². The molecule has 0 saturated heterocycles. The first-order valence-corrected chi connectivity index (χ1v) is 5.32. The second-order valence-corrected chi connectivity index (χ2v) is 4.48. The lowest BCUT2D eigenvalue weighted by molar-refractivity contribution is 0.603. The summed E-state index contributed by atoms with van der Waals surface area (Å²) >= 11 is 0. The summed E-state index contributed by atoms with van der Waals surface area (Å²) in [5.74, 6) is 5.36. The topological polar surface area (TPSA) is 97.1 Å². The number of aromatic nitrogens is 1. The highest BCUT2D eigenvalue weighted by atomic mass is 32.2. The minimum atomic E-state index is -3.43. The van der Waals surface area contributed by atoms with E-state index in [1.807, 2.05) is 0 Å². The molecule has 1 aromatic heterocycles. The summed E-state index contributed by atoms with van der Waals surface area (Å²) in [5, 5.41) is 3.83. The summed E-state index contributed by atoms with van der Waals surface area (Å²) in [4.78, 5) is 3.90. The maximum atomic E-state index is 11.6. The largest absolute Gasteiger partial charge is 0.339 e. The van der Waals surface area contributed by atoms with Gasteiger partial charge in [0.15, 0.2) is 0 Å². The monoisotopic (exact) mass is 212 g/mol. The molecule has 0 saturated carbocycles. The Morgan fingerprint density at radius 2 is 2.29 bits per heavy atom. The molecule has 14 heavy (non-hydrogen) atoms. The van der Waals surface area contributed by atoms with Gasteiger partial charge in [-0.05, 0) is 6.07 Å². The summed E-state index contributed by atoms with van der Waals surface area (Å²) in [6.07, 6.45) is 2.79. The minimum absolute atomic E-state index is 0.152. The molecule has 2 rings (SSSR count). The minimum Gasteiger partial charge on any atom is -0.339 e. The van der Waals surface area contributed by atoms with Crippen molar-refractivity contribution < 1.29 is 8.42 Å². The quantitative estimate of drug-likeness (QED) is 0.430. The van der Waals surface area contributed by atoms with Crippen LogP contribution in [0.1, 0.15) is 0 Å². The summed E-state index contributed by atoms with van der Waals surface area (Å²) < 4.78 is 23.2. The number of nitrogens with zero attached hydrogens (tertiary/aromatic N) is 1. The van der Waals surface area contributed by atoms with Crippen LogP contribution < -0.4 is 16.6 Å². The SMILES string of the molecule is NNC1=CS(=O)(=O)c2cnccc2N1. The van der Waals surface area contributed by atoms with E-state index in [1.54, 1.807) is 6.07 Å². The molecule has 0 fully saturated rings. The van der Waals surface area contributed by atoms with Gasteiger partial charge in [0, 0.05) is 12.4 Å². The number of fused-ring (bicyclic) bond motifs is 1. The number of hydrogen-bond acceptors (Lipinski definition) is 6. The number of sulfone groups is 1. The number of nitrogens with one attached hydrogen (secondary N) is 2. The van der Waals surface area contributed by atoms with Crippen molar-refractivity contribution in [2.45, 2.75) is 4.90 Å². The van der Waals surface area contributed by atoms with Gasteiger partial charge in [-0.1, -0.05) is 0 Å². The lowest BCUT2D eigenvalue weighted by atomic mass is 10.4. The number of anilines is 1. The third-order valence-electron chi connectivity index (χ3n) is 1.79. The van der Waals surface area contributed by atoms with Gasteiger partial charge in [0.05, 0.1) is 11.1 Å². The Balaban J connectivity index is 2.63. The molecule has 0 spiro atoms.